The predicted molar refractivity (Wildman–Crippen MR) is 41.2 cm³/mol. The van der Waals surface area contributed by atoms with E-state index in [1.165, 1.54) is 0 Å². The van der Waals surface area contributed by atoms with Gasteiger partial charge in [0.25, 0.3) is 0 Å². The van der Waals surface area contributed by atoms with E-state index in [2.05, 4.69) is 9.97 Å². The van der Waals surface area contributed by atoms with Crippen molar-refractivity contribution in [3.8, 4) is 0 Å². The number of aromatic nitrogens is 2. The molecule has 1 rings (SSSR count). The number of nitrogens with two attached hydrogens (primary N) is 1. The molecule has 0 aliphatic carbocycles. The van der Waals surface area contributed by atoms with Crippen molar-refractivity contribution in [1.29, 1.82) is 0 Å². The molecule has 1 heterocycles. The van der Waals surface area contributed by atoms with Gasteiger partial charge in [-0.25, -0.2) is 9.97 Å². The number of halogens is 2. The van der Waals surface area contributed by atoms with Crippen molar-refractivity contribution in [2.45, 2.75) is 6.92 Å². The third-order valence-corrected chi connectivity index (χ3v) is 1.63. The van der Waals surface area contributed by atoms with Crippen LogP contribution in [0, 0.1) is 6.92 Å². The highest BCUT2D eigenvalue weighted by atomic mass is 35.5. The summed E-state index contributed by atoms with van der Waals surface area (Å²) in [6.45, 7) is 1.73. The summed E-state index contributed by atoms with van der Waals surface area (Å²) in [6.07, 6.45) is 0. The zero-order valence-electron chi connectivity index (χ0n) is 5.23. The first-order chi connectivity index (χ1) is 4.61. The molecule has 1 aromatic rings. The summed E-state index contributed by atoms with van der Waals surface area (Å²) in [7, 11) is 0. The van der Waals surface area contributed by atoms with Crippen LogP contribution < -0.4 is 5.73 Å². The van der Waals surface area contributed by atoms with E-state index in [-0.39, 0.29) is 5.28 Å². The fourth-order valence-corrected chi connectivity index (χ4v) is 0.874. The SMILES string of the molecule is Cc1c(N)nc(Cl)nc1Cl. The van der Waals surface area contributed by atoms with Crippen LogP contribution in [0.5, 0.6) is 0 Å². The number of nitrogen functional groups attached to an aromatic ring is 1. The highest BCUT2D eigenvalue weighted by molar-refractivity contribution is 6.32. The molecule has 2 N–H and O–H groups in total. The molecule has 0 aliphatic heterocycles. The van der Waals surface area contributed by atoms with Crippen molar-refractivity contribution >= 4 is 29.0 Å². The van der Waals surface area contributed by atoms with Crippen molar-refractivity contribution < 1.29 is 0 Å². The number of nitrogens with zero attached hydrogens (tertiary/aromatic N) is 2. The lowest BCUT2D eigenvalue weighted by Gasteiger charge is -1.99. The summed E-state index contributed by atoms with van der Waals surface area (Å²) >= 11 is 11.0. The number of rotatable bonds is 0. The summed E-state index contributed by atoms with van der Waals surface area (Å²) in [4.78, 5) is 7.36. The summed E-state index contributed by atoms with van der Waals surface area (Å²) in [5, 5.41) is 0.380. The van der Waals surface area contributed by atoms with Gasteiger partial charge in [-0.05, 0) is 18.5 Å². The van der Waals surface area contributed by atoms with Crippen LogP contribution in [0.2, 0.25) is 10.4 Å². The van der Waals surface area contributed by atoms with Crippen LogP contribution >= 0.6 is 23.2 Å². The molecule has 0 saturated heterocycles. The lowest BCUT2D eigenvalue weighted by Crippen LogP contribution is -1.97. The quantitative estimate of drug-likeness (QED) is 0.485. The number of anilines is 1. The number of hydrogen-bond acceptors (Lipinski definition) is 3. The lowest BCUT2D eigenvalue weighted by atomic mass is 10.4. The predicted octanol–water partition coefficient (Wildman–Crippen LogP) is 1.67. The Morgan fingerprint density at radius 2 is 1.90 bits per heavy atom. The first-order valence-electron chi connectivity index (χ1n) is 2.56. The van der Waals surface area contributed by atoms with Crippen molar-refractivity contribution in [1.82, 2.24) is 9.97 Å². The summed E-state index contributed by atoms with van der Waals surface area (Å²) in [5.41, 5.74) is 6.06. The summed E-state index contributed by atoms with van der Waals surface area (Å²) in [5.74, 6) is 0.324. The molecular formula is C5H5Cl2N3. The van der Waals surface area contributed by atoms with E-state index in [9.17, 15) is 0 Å². The smallest absolute Gasteiger partial charge is 0.225 e. The third-order valence-electron chi connectivity index (χ3n) is 1.10. The zero-order chi connectivity index (χ0) is 7.72. The average Bonchev–Trinajstić information content (AvgIpc) is 1.82. The van der Waals surface area contributed by atoms with Crippen LogP contribution in [0.25, 0.3) is 0 Å². The Kier molecular flexibility index (Phi) is 1.97. The van der Waals surface area contributed by atoms with Gasteiger partial charge >= 0.3 is 0 Å². The van der Waals surface area contributed by atoms with Gasteiger partial charge in [-0.2, -0.15) is 0 Å². The fraction of sp³-hybridized carbons (Fsp3) is 0.200. The normalized spacial score (nSPS) is 9.90. The van der Waals surface area contributed by atoms with Gasteiger partial charge < -0.3 is 5.73 Å². The highest BCUT2D eigenvalue weighted by Gasteiger charge is 2.03. The van der Waals surface area contributed by atoms with E-state index >= 15 is 0 Å². The molecule has 0 fully saturated rings. The summed E-state index contributed by atoms with van der Waals surface area (Å²) in [6, 6.07) is 0. The minimum Gasteiger partial charge on any atom is -0.383 e. The third kappa shape index (κ3) is 1.30. The van der Waals surface area contributed by atoms with E-state index in [0.717, 1.165) is 0 Å². The first-order valence-corrected chi connectivity index (χ1v) is 3.32. The fourth-order valence-electron chi connectivity index (χ4n) is 0.479. The topological polar surface area (TPSA) is 51.8 Å². The maximum absolute atomic E-state index is 5.60. The minimum atomic E-state index is 0.0769. The van der Waals surface area contributed by atoms with E-state index < -0.39 is 0 Å². The van der Waals surface area contributed by atoms with Gasteiger partial charge in [0.1, 0.15) is 11.0 Å². The molecule has 0 radical (unpaired) electrons. The van der Waals surface area contributed by atoms with E-state index in [0.29, 0.717) is 16.5 Å². The van der Waals surface area contributed by atoms with E-state index in [4.69, 9.17) is 28.9 Å². The molecule has 0 bridgehead atoms. The van der Waals surface area contributed by atoms with Crippen LogP contribution in [0.4, 0.5) is 5.82 Å². The molecule has 0 unspecified atom stereocenters. The molecule has 0 aromatic carbocycles. The largest absolute Gasteiger partial charge is 0.383 e. The molecule has 54 valence electrons. The highest BCUT2D eigenvalue weighted by Crippen LogP contribution is 2.18. The second-order valence-electron chi connectivity index (χ2n) is 1.79. The Hall–Kier alpha value is -0.540. The molecular weight excluding hydrogens is 173 g/mol. The van der Waals surface area contributed by atoms with Crippen LogP contribution in [-0.2, 0) is 0 Å². The van der Waals surface area contributed by atoms with E-state index in [1.54, 1.807) is 6.92 Å². The molecule has 0 amide bonds. The maximum Gasteiger partial charge on any atom is 0.225 e. The van der Waals surface area contributed by atoms with Crippen LogP contribution in [0.1, 0.15) is 5.56 Å². The van der Waals surface area contributed by atoms with Gasteiger partial charge in [-0.15, -0.1) is 0 Å². The molecule has 0 spiro atoms. The minimum absolute atomic E-state index is 0.0769. The standard InChI is InChI=1S/C5H5Cl2N3/c1-2-3(6)9-5(7)10-4(2)8/h1H3,(H2,8,9,10). The van der Waals surface area contributed by atoms with Gasteiger partial charge in [-0.1, -0.05) is 11.6 Å². The van der Waals surface area contributed by atoms with Crippen LogP contribution in [0.3, 0.4) is 0 Å². The Bertz CT molecular complexity index is 238. The Balaban J connectivity index is 3.31. The van der Waals surface area contributed by atoms with Gasteiger partial charge in [-0.3, -0.25) is 0 Å². The molecule has 3 nitrogen and oxygen atoms in total. The van der Waals surface area contributed by atoms with Crippen LogP contribution in [-0.4, -0.2) is 9.97 Å². The monoisotopic (exact) mass is 177 g/mol. The van der Waals surface area contributed by atoms with Gasteiger partial charge in [0.2, 0.25) is 5.28 Å². The van der Waals surface area contributed by atoms with Crippen molar-refractivity contribution in [3.05, 3.63) is 16.0 Å². The Labute approximate surface area is 68.2 Å². The van der Waals surface area contributed by atoms with Crippen molar-refractivity contribution in [2.75, 3.05) is 5.73 Å². The zero-order valence-corrected chi connectivity index (χ0v) is 6.74. The molecule has 10 heavy (non-hydrogen) atoms. The Morgan fingerprint density at radius 1 is 1.30 bits per heavy atom. The maximum atomic E-state index is 5.60. The molecule has 0 aliphatic rings. The van der Waals surface area contributed by atoms with E-state index in [1.807, 2.05) is 0 Å². The van der Waals surface area contributed by atoms with Gasteiger partial charge in [0.05, 0.1) is 0 Å². The molecule has 0 atom stereocenters. The average molecular weight is 178 g/mol. The molecule has 1 aromatic heterocycles. The summed E-state index contributed by atoms with van der Waals surface area (Å²) < 4.78 is 0. The first kappa shape index (κ1) is 7.57. The lowest BCUT2D eigenvalue weighted by molar-refractivity contribution is 1.14. The van der Waals surface area contributed by atoms with Crippen molar-refractivity contribution in [2.24, 2.45) is 0 Å². The Morgan fingerprint density at radius 3 is 2.40 bits per heavy atom. The second-order valence-corrected chi connectivity index (χ2v) is 2.49. The van der Waals surface area contributed by atoms with Crippen molar-refractivity contribution in [3.63, 3.8) is 0 Å². The number of hydrogen-bond donors (Lipinski definition) is 1. The van der Waals surface area contributed by atoms with Gasteiger partial charge in [0.15, 0.2) is 0 Å². The molecule has 0 saturated carbocycles. The van der Waals surface area contributed by atoms with Gasteiger partial charge in [0, 0.05) is 5.56 Å². The second kappa shape index (κ2) is 2.60. The van der Waals surface area contributed by atoms with Crippen LogP contribution in [0.15, 0.2) is 0 Å². The molecule has 5 heteroatoms.